The van der Waals surface area contributed by atoms with Gasteiger partial charge in [0, 0.05) is 10.8 Å². The second kappa shape index (κ2) is 6.81. The summed E-state index contributed by atoms with van der Waals surface area (Å²) in [6.45, 7) is 0. The van der Waals surface area contributed by atoms with Crippen molar-refractivity contribution in [1.82, 2.24) is 0 Å². The summed E-state index contributed by atoms with van der Waals surface area (Å²) in [5.74, 6) is 1.85. The van der Waals surface area contributed by atoms with Gasteiger partial charge in [0.1, 0.15) is 5.82 Å². The fourth-order valence-corrected chi connectivity index (χ4v) is 2.69. The van der Waals surface area contributed by atoms with E-state index in [1.165, 1.54) is 23.3 Å². The molecule has 0 aliphatic rings. The van der Waals surface area contributed by atoms with Gasteiger partial charge in [-0.05, 0) is 47.6 Å². The van der Waals surface area contributed by atoms with Gasteiger partial charge in [0.05, 0.1) is 0 Å². The van der Waals surface area contributed by atoms with Crippen molar-refractivity contribution in [1.29, 1.82) is 0 Å². The van der Waals surface area contributed by atoms with E-state index in [4.69, 9.17) is 11.6 Å². The minimum atomic E-state index is -0.174. The Labute approximate surface area is 116 Å². The monoisotopic (exact) mass is 280 g/mol. The molecule has 0 fully saturated rings. The third-order valence-electron chi connectivity index (χ3n) is 2.63. The molecular formula is C15H14ClFS. The van der Waals surface area contributed by atoms with E-state index in [2.05, 4.69) is 0 Å². The highest BCUT2D eigenvalue weighted by atomic mass is 35.5. The Morgan fingerprint density at radius 2 is 1.50 bits per heavy atom. The third-order valence-corrected chi connectivity index (χ3v) is 3.91. The van der Waals surface area contributed by atoms with Gasteiger partial charge in [-0.2, -0.15) is 11.8 Å². The van der Waals surface area contributed by atoms with Crippen molar-refractivity contribution >= 4 is 23.4 Å². The van der Waals surface area contributed by atoms with Crippen LogP contribution < -0.4 is 0 Å². The van der Waals surface area contributed by atoms with Crippen LogP contribution in [0, 0.1) is 5.82 Å². The van der Waals surface area contributed by atoms with Gasteiger partial charge in [-0.1, -0.05) is 35.9 Å². The zero-order valence-corrected chi connectivity index (χ0v) is 11.5. The van der Waals surface area contributed by atoms with E-state index in [1.807, 2.05) is 48.2 Å². The first-order valence-electron chi connectivity index (χ1n) is 5.81. The number of thioether (sulfide) groups is 1. The van der Waals surface area contributed by atoms with Crippen LogP contribution in [0.15, 0.2) is 48.5 Å². The van der Waals surface area contributed by atoms with E-state index in [0.29, 0.717) is 0 Å². The minimum Gasteiger partial charge on any atom is -0.207 e. The van der Waals surface area contributed by atoms with Crippen LogP contribution in [-0.4, -0.2) is 5.75 Å². The van der Waals surface area contributed by atoms with Gasteiger partial charge in [0.25, 0.3) is 0 Å². The Bertz CT molecular complexity index is 431. The zero-order chi connectivity index (χ0) is 12.8. The van der Waals surface area contributed by atoms with Crippen molar-refractivity contribution in [2.24, 2.45) is 0 Å². The lowest BCUT2D eigenvalue weighted by Gasteiger charge is -2.03. The van der Waals surface area contributed by atoms with Crippen LogP contribution in [0.4, 0.5) is 4.39 Å². The van der Waals surface area contributed by atoms with Crippen LogP contribution in [0.2, 0.25) is 5.02 Å². The summed E-state index contributed by atoms with van der Waals surface area (Å²) in [5.41, 5.74) is 2.46. The van der Waals surface area contributed by atoms with Crippen LogP contribution in [0.1, 0.15) is 11.1 Å². The molecule has 0 spiro atoms. The van der Waals surface area contributed by atoms with E-state index in [9.17, 15) is 4.39 Å². The maximum Gasteiger partial charge on any atom is 0.123 e. The molecule has 0 amide bonds. The minimum absolute atomic E-state index is 0.174. The highest BCUT2D eigenvalue weighted by molar-refractivity contribution is 7.98. The van der Waals surface area contributed by atoms with Crippen LogP contribution in [0.3, 0.4) is 0 Å². The Morgan fingerprint density at radius 3 is 2.17 bits per heavy atom. The van der Waals surface area contributed by atoms with Gasteiger partial charge in [-0.15, -0.1) is 0 Å². The van der Waals surface area contributed by atoms with Gasteiger partial charge in [0.2, 0.25) is 0 Å². The summed E-state index contributed by atoms with van der Waals surface area (Å²) in [6, 6.07) is 14.6. The molecule has 3 heteroatoms. The van der Waals surface area contributed by atoms with E-state index < -0.39 is 0 Å². The number of benzene rings is 2. The predicted octanol–water partition coefficient (Wildman–Crippen LogP) is 4.96. The number of rotatable bonds is 5. The standard InChI is InChI=1S/C15H14ClFS/c16-14-5-1-13(2-6-14)11-18-10-9-12-3-7-15(17)8-4-12/h1-8H,9-11H2. The number of aryl methyl sites for hydroxylation is 1. The first-order valence-corrected chi connectivity index (χ1v) is 7.34. The molecule has 0 saturated heterocycles. The number of halogens is 2. The normalized spacial score (nSPS) is 10.6. The molecule has 0 radical (unpaired) electrons. The van der Waals surface area contributed by atoms with Crippen LogP contribution in [0.5, 0.6) is 0 Å². The van der Waals surface area contributed by atoms with E-state index in [0.717, 1.165) is 22.9 Å². The van der Waals surface area contributed by atoms with Crippen molar-refractivity contribution in [2.75, 3.05) is 5.75 Å². The average molecular weight is 281 g/mol. The lowest BCUT2D eigenvalue weighted by Crippen LogP contribution is -1.90. The molecule has 0 saturated carbocycles. The molecule has 0 heterocycles. The fraction of sp³-hybridized carbons (Fsp3) is 0.200. The van der Waals surface area contributed by atoms with Gasteiger partial charge >= 0.3 is 0 Å². The van der Waals surface area contributed by atoms with Crippen molar-refractivity contribution < 1.29 is 4.39 Å². The molecule has 18 heavy (non-hydrogen) atoms. The molecule has 0 aromatic heterocycles. The third kappa shape index (κ3) is 4.35. The fourth-order valence-electron chi connectivity index (χ4n) is 1.61. The molecule has 2 aromatic carbocycles. The van der Waals surface area contributed by atoms with E-state index in [1.54, 1.807) is 0 Å². The van der Waals surface area contributed by atoms with Crippen molar-refractivity contribution in [3.05, 3.63) is 70.5 Å². The van der Waals surface area contributed by atoms with E-state index >= 15 is 0 Å². The predicted molar refractivity (Wildman–Crippen MR) is 77.7 cm³/mol. The molecular weight excluding hydrogens is 267 g/mol. The number of hydrogen-bond donors (Lipinski definition) is 0. The molecule has 0 bridgehead atoms. The summed E-state index contributed by atoms with van der Waals surface area (Å²) in [4.78, 5) is 0. The zero-order valence-electron chi connectivity index (χ0n) is 9.90. The summed E-state index contributed by atoms with van der Waals surface area (Å²) >= 11 is 7.70. The lowest BCUT2D eigenvalue weighted by molar-refractivity contribution is 0.627. The SMILES string of the molecule is Fc1ccc(CCSCc2ccc(Cl)cc2)cc1. The van der Waals surface area contributed by atoms with E-state index in [-0.39, 0.29) is 5.82 Å². The molecule has 0 atom stereocenters. The molecule has 0 unspecified atom stereocenters. The van der Waals surface area contributed by atoms with Gasteiger partial charge < -0.3 is 0 Å². The van der Waals surface area contributed by atoms with Crippen LogP contribution in [0.25, 0.3) is 0 Å². The first-order chi connectivity index (χ1) is 8.74. The smallest absolute Gasteiger partial charge is 0.123 e. The Hall–Kier alpha value is -0.990. The molecule has 0 aliphatic carbocycles. The van der Waals surface area contributed by atoms with Crippen LogP contribution in [-0.2, 0) is 12.2 Å². The Kier molecular flexibility index (Phi) is 5.09. The summed E-state index contributed by atoms with van der Waals surface area (Å²) in [6.07, 6.45) is 0.971. The molecule has 2 aromatic rings. The molecule has 0 N–H and O–H groups in total. The second-order valence-corrected chi connectivity index (χ2v) is 5.60. The Balaban J connectivity index is 1.73. The molecule has 2 rings (SSSR count). The first kappa shape index (κ1) is 13.4. The van der Waals surface area contributed by atoms with Gasteiger partial charge in [0.15, 0.2) is 0 Å². The Morgan fingerprint density at radius 1 is 0.889 bits per heavy atom. The van der Waals surface area contributed by atoms with Crippen molar-refractivity contribution in [3.8, 4) is 0 Å². The highest BCUT2D eigenvalue weighted by Crippen LogP contribution is 2.16. The molecule has 94 valence electrons. The number of hydrogen-bond acceptors (Lipinski definition) is 1. The van der Waals surface area contributed by atoms with Gasteiger partial charge in [-0.3, -0.25) is 0 Å². The second-order valence-electron chi connectivity index (χ2n) is 4.06. The molecule has 0 aliphatic heterocycles. The quantitative estimate of drug-likeness (QED) is 0.698. The van der Waals surface area contributed by atoms with Crippen molar-refractivity contribution in [2.45, 2.75) is 12.2 Å². The summed E-state index contributed by atoms with van der Waals surface area (Å²) in [5, 5.41) is 0.773. The summed E-state index contributed by atoms with van der Waals surface area (Å²) in [7, 11) is 0. The topological polar surface area (TPSA) is 0 Å². The highest BCUT2D eigenvalue weighted by Gasteiger charge is 1.97. The van der Waals surface area contributed by atoms with Gasteiger partial charge in [-0.25, -0.2) is 4.39 Å². The molecule has 0 nitrogen and oxygen atoms in total. The lowest BCUT2D eigenvalue weighted by atomic mass is 10.2. The average Bonchev–Trinajstić information content (AvgIpc) is 2.39. The van der Waals surface area contributed by atoms with Crippen LogP contribution >= 0.6 is 23.4 Å². The maximum absolute atomic E-state index is 12.7. The maximum atomic E-state index is 12.7. The van der Waals surface area contributed by atoms with Crippen molar-refractivity contribution in [3.63, 3.8) is 0 Å². The largest absolute Gasteiger partial charge is 0.207 e. The summed E-state index contributed by atoms with van der Waals surface area (Å²) < 4.78 is 12.7.